The van der Waals surface area contributed by atoms with Crippen molar-refractivity contribution in [2.45, 2.75) is 19.3 Å². The van der Waals surface area contributed by atoms with Crippen LogP contribution in [0.5, 0.6) is 0 Å². The Kier molecular flexibility index (Phi) is 3.98. The van der Waals surface area contributed by atoms with Crippen LogP contribution in [0, 0.1) is 0 Å². The van der Waals surface area contributed by atoms with Crippen molar-refractivity contribution in [2.75, 3.05) is 11.4 Å². The van der Waals surface area contributed by atoms with Gasteiger partial charge >= 0.3 is 0 Å². The Bertz CT molecular complexity index is 458. The second-order valence-electron chi connectivity index (χ2n) is 3.62. The number of pyridine rings is 1. The van der Waals surface area contributed by atoms with E-state index in [1.807, 2.05) is 17.0 Å². The van der Waals surface area contributed by atoms with Crippen LogP contribution in [-0.2, 0) is 12.4 Å². The average molecular weight is 252 g/mol. The van der Waals surface area contributed by atoms with Gasteiger partial charge in [-0.15, -0.1) is 11.6 Å². The zero-order valence-electron chi connectivity index (χ0n) is 9.64. The summed E-state index contributed by atoms with van der Waals surface area (Å²) in [6, 6.07) is 4.57. The second kappa shape index (κ2) is 5.68. The van der Waals surface area contributed by atoms with E-state index in [0.29, 0.717) is 11.9 Å². The summed E-state index contributed by atoms with van der Waals surface area (Å²) >= 11 is 5.70. The molecule has 5 heteroatoms. The van der Waals surface area contributed by atoms with E-state index in [2.05, 4.69) is 16.9 Å². The van der Waals surface area contributed by atoms with Crippen LogP contribution in [-0.4, -0.2) is 16.5 Å². The van der Waals surface area contributed by atoms with E-state index in [9.17, 15) is 0 Å². The topological polar surface area (TPSA) is 42.2 Å². The fourth-order valence-corrected chi connectivity index (χ4v) is 1.65. The first-order valence-corrected chi connectivity index (χ1v) is 6.01. The van der Waals surface area contributed by atoms with Gasteiger partial charge < -0.3 is 9.32 Å². The molecule has 17 heavy (non-hydrogen) atoms. The highest BCUT2D eigenvalue weighted by atomic mass is 35.5. The molecular formula is C12H14ClN3O. The van der Waals surface area contributed by atoms with Gasteiger partial charge in [0.2, 0.25) is 0 Å². The standard InChI is InChI=1S/C12H14ClN3O/c1-2-16(8-10-3-5-14-6-4-10)12-15-11(7-13)9-17-12/h3-6,9H,2,7-8H2,1H3. The Hall–Kier alpha value is -1.55. The normalized spacial score (nSPS) is 10.5. The smallest absolute Gasteiger partial charge is 0.297 e. The molecule has 90 valence electrons. The van der Waals surface area contributed by atoms with Crippen LogP contribution in [0.4, 0.5) is 6.01 Å². The minimum atomic E-state index is 0.371. The molecule has 2 rings (SSSR count). The van der Waals surface area contributed by atoms with E-state index in [-0.39, 0.29) is 0 Å². The Balaban J connectivity index is 2.11. The summed E-state index contributed by atoms with van der Waals surface area (Å²) in [5, 5.41) is 0. The summed E-state index contributed by atoms with van der Waals surface area (Å²) in [5.74, 6) is 0.371. The van der Waals surface area contributed by atoms with E-state index < -0.39 is 0 Å². The molecule has 4 nitrogen and oxygen atoms in total. The molecule has 0 atom stereocenters. The van der Waals surface area contributed by atoms with Crippen LogP contribution in [0.2, 0.25) is 0 Å². The minimum Gasteiger partial charge on any atom is -0.432 e. The first-order valence-electron chi connectivity index (χ1n) is 5.47. The van der Waals surface area contributed by atoms with E-state index in [1.165, 1.54) is 5.56 Å². The average Bonchev–Trinajstić information content (AvgIpc) is 2.86. The molecule has 0 aliphatic carbocycles. The number of alkyl halides is 1. The number of hydrogen-bond donors (Lipinski definition) is 0. The largest absolute Gasteiger partial charge is 0.432 e. The van der Waals surface area contributed by atoms with Crippen molar-refractivity contribution < 1.29 is 4.42 Å². The predicted molar refractivity (Wildman–Crippen MR) is 67.0 cm³/mol. The molecule has 0 amide bonds. The molecule has 2 aromatic heterocycles. The van der Waals surface area contributed by atoms with Gasteiger partial charge in [0.15, 0.2) is 0 Å². The van der Waals surface area contributed by atoms with Gasteiger partial charge in [0, 0.05) is 25.5 Å². The molecule has 0 aliphatic heterocycles. The first kappa shape index (κ1) is 11.9. The van der Waals surface area contributed by atoms with Crippen molar-refractivity contribution in [3.8, 4) is 0 Å². The lowest BCUT2D eigenvalue weighted by atomic mass is 10.2. The SMILES string of the molecule is CCN(Cc1ccncc1)c1nc(CCl)co1. The highest BCUT2D eigenvalue weighted by molar-refractivity contribution is 6.16. The van der Waals surface area contributed by atoms with Crippen molar-refractivity contribution in [1.82, 2.24) is 9.97 Å². The van der Waals surface area contributed by atoms with E-state index in [4.69, 9.17) is 16.0 Å². The molecule has 0 unspecified atom stereocenters. The first-order chi connectivity index (χ1) is 8.33. The fraction of sp³-hybridized carbons (Fsp3) is 0.333. The van der Waals surface area contributed by atoms with Crippen molar-refractivity contribution >= 4 is 17.6 Å². The summed E-state index contributed by atoms with van der Waals surface area (Å²) in [4.78, 5) is 10.3. The summed E-state index contributed by atoms with van der Waals surface area (Å²) < 4.78 is 5.40. The number of rotatable bonds is 5. The minimum absolute atomic E-state index is 0.371. The molecule has 0 saturated carbocycles. The van der Waals surface area contributed by atoms with Crippen molar-refractivity contribution in [2.24, 2.45) is 0 Å². The van der Waals surface area contributed by atoms with Crippen LogP contribution < -0.4 is 4.90 Å². The lowest BCUT2D eigenvalue weighted by molar-refractivity contribution is 0.534. The molecule has 0 saturated heterocycles. The zero-order chi connectivity index (χ0) is 12.1. The van der Waals surface area contributed by atoms with Gasteiger partial charge in [0.05, 0.1) is 11.6 Å². The van der Waals surface area contributed by atoms with E-state index >= 15 is 0 Å². The molecule has 0 spiro atoms. The third-order valence-electron chi connectivity index (χ3n) is 2.45. The van der Waals surface area contributed by atoms with Gasteiger partial charge in [-0.2, -0.15) is 4.98 Å². The number of oxazole rings is 1. The third-order valence-corrected chi connectivity index (χ3v) is 2.73. The van der Waals surface area contributed by atoms with Gasteiger partial charge in [0.1, 0.15) is 6.26 Å². The maximum absolute atomic E-state index is 5.70. The molecule has 2 heterocycles. The monoisotopic (exact) mass is 251 g/mol. The molecule has 0 aliphatic rings. The summed E-state index contributed by atoms with van der Waals surface area (Å²) in [6.45, 7) is 3.64. The highest BCUT2D eigenvalue weighted by Crippen LogP contribution is 2.17. The van der Waals surface area contributed by atoms with Crippen molar-refractivity contribution in [3.63, 3.8) is 0 Å². The third kappa shape index (κ3) is 2.97. The van der Waals surface area contributed by atoms with Crippen LogP contribution in [0.3, 0.4) is 0 Å². The summed E-state index contributed by atoms with van der Waals surface area (Å²) in [7, 11) is 0. The van der Waals surface area contributed by atoms with Crippen LogP contribution in [0.15, 0.2) is 35.2 Å². The van der Waals surface area contributed by atoms with Crippen LogP contribution >= 0.6 is 11.6 Å². The number of halogens is 1. The number of aromatic nitrogens is 2. The van der Waals surface area contributed by atoms with E-state index in [1.54, 1.807) is 18.7 Å². The Morgan fingerprint density at radius 3 is 2.71 bits per heavy atom. The maximum Gasteiger partial charge on any atom is 0.297 e. The van der Waals surface area contributed by atoms with Gasteiger partial charge in [-0.05, 0) is 24.6 Å². The van der Waals surface area contributed by atoms with Gasteiger partial charge in [-0.25, -0.2) is 0 Å². The summed E-state index contributed by atoms with van der Waals surface area (Å²) in [6.07, 6.45) is 5.16. The lowest BCUT2D eigenvalue weighted by Gasteiger charge is -2.18. The molecule has 0 N–H and O–H groups in total. The Labute approximate surface area is 105 Å². The second-order valence-corrected chi connectivity index (χ2v) is 3.89. The van der Waals surface area contributed by atoms with E-state index in [0.717, 1.165) is 18.8 Å². The predicted octanol–water partition coefficient (Wildman–Crippen LogP) is 2.83. The number of nitrogens with zero attached hydrogens (tertiary/aromatic N) is 3. The van der Waals surface area contributed by atoms with Crippen molar-refractivity contribution in [1.29, 1.82) is 0 Å². The highest BCUT2D eigenvalue weighted by Gasteiger charge is 2.11. The number of hydrogen-bond acceptors (Lipinski definition) is 4. The molecule has 0 bridgehead atoms. The number of anilines is 1. The van der Waals surface area contributed by atoms with Gasteiger partial charge in [-0.1, -0.05) is 0 Å². The molecule has 0 aromatic carbocycles. The lowest BCUT2D eigenvalue weighted by Crippen LogP contribution is -2.22. The Morgan fingerprint density at radius 1 is 1.35 bits per heavy atom. The molecule has 0 fully saturated rings. The molecule has 0 radical (unpaired) electrons. The maximum atomic E-state index is 5.70. The van der Waals surface area contributed by atoms with Gasteiger partial charge in [-0.3, -0.25) is 4.98 Å². The molecular weight excluding hydrogens is 238 g/mol. The van der Waals surface area contributed by atoms with Gasteiger partial charge in [0.25, 0.3) is 6.01 Å². The van der Waals surface area contributed by atoms with Crippen molar-refractivity contribution in [3.05, 3.63) is 42.0 Å². The zero-order valence-corrected chi connectivity index (χ0v) is 10.4. The van der Waals surface area contributed by atoms with Crippen LogP contribution in [0.25, 0.3) is 0 Å². The fourth-order valence-electron chi connectivity index (χ4n) is 1.53. The quantitative estimate of drug-likeness (QED) is 0.767. The Morgan fingerprint density at radius 2 is 2.12 bits per heavy atom. The van der Waals surface area contributed by atoms with Crippen LogP contribution in [0.1, 0.15) is 18.2 Å². The summed E-state index contributed by atoms with van der Waals surface area (Å²) in [5.41, 5.74) is 1.93. The molecule has 2 aromatic rings.